The van der Waals surface area contributed by atoms with Crippen molar-refractivity contribution < 1.29 is 4.74 Å². The summed E-state index contributed by atoms with van der Waals surface area (Å²) in [6.07, 6.45) is 6.09. The summed E-state index contributed by atoms with van der Waals surface area (Å²) in [5, 5.41) is 1.76. The predicted octanol–water partition coefficient (Wildman–Crippen LogP) is 5.32. The molecule has 1 unspecified atom stereocenters. The largest absolute Gasteiger partial charge is 0.383 e. The molecule has 0 aliphatic carbocycles. The molecule has 1 aliphatic heterocycles. The maximum absolute atomic E-state index is 6.33. The van der Waals surface area contributed by atoms with E-state index in [1.165, 1.54) is 16.0 Å². The number of ether oxygens (including phenoxy) is 1. The average Bonchev–Trinajstić information content (AvgIpc) is 3.04. The second-order valence-corrected chi connectivity index (χ2v) is 9.04. The molecule has 3 heterocycles. The first-order valence-electron chi connectivity index (χ1n) is 9.14. The molecule has 3 aromatic rings. The monoisotopic (exact) mass is 397 g/mol. The van der Waals surface area contributed by atoms with E-state index in [0.717, 1.165) is 34.0 Å². The molecule has 1 aromatic carbocycles. The summed E-state index contributed by atoms with van der Waals surface area (Å²) in [6, 6.07) is 10.3. The van der Waals surface area contributed by atoms with Gasteiger partial charge >= 0.3 is 0 Å². The molecule has 0 saturated heterocycles. The highest BCUT2D eigenvalue weighted by Crippen LogP contribution is 2.41. The normalized spacial score (nSPS) is 19.6. The van der Waals surface area contributed by atoms with Crippen molar-refractivity contribution in [2.24, 2.45) is 0 Å². The van der Waals surface area contributed by atoms with Crippen LogP contribution >= 0.6 is 23.1 Å². The Morgan fingerprint density at radius 1 is 1.30 bits per heavy atom. The lowest BCUT2D eigenvalue weighted by molar-refractivity contribution is -0.0542. The van der Waals surface area contributed by atoms with Gasteiger partial charge in [-0.25, -0.2) is 9.97 Å². The number of nitrogens with two attached hydrogens (primary N) is 1. The first-order valence-corrected chi connectivity index (χ1v) is 10.9. The Hall–Kier alpha value is -1.89. The molecule has 0 fully saturated rings. The number of fused-ring (bicyclic) bond motifs is 3. The third-order valence-corrected chi connectivity index (χ3v) is 6.91. The fourth-order valence-electron chi connectivity index (χ4n) is 3.24. The van der Waals surface area contributed by atoms with Gasteiger partial charge < -0.3 is 10.5 Å². The molecule has 27 heavy (non-hydrogen) atoms. The quantitative estimate of drug-likeness (QED) is 0.466. The summed E-state index contributed by atoms with van der Waals surface area (Å²) >= 11 is 3.29. The number of rotatable bonds is 5. The molecule has 4 rings (SSSR count). The van der Waals surface area contributed by atoms with E-state index in [1.807, 2.05) is 18.2 Å². The van der Waals surface area contributed by atoms with Crippen molar-refractivity contribution in [3.63, 3.8) is 0 Å². The molecular weight excluding hydrogens is 374 g/mol. The highest BCUT2D eigenvalue weighted by atomic mass is 32.2. The maximum Gasteiger partial charge on any atom is 0.191 e. The Morgan fingerprint density at radius 3 is 2.89 bits per heavy atom. The molecule has 140 valence electrons. The summed E-state index contributed by atoms with van der Waals surface area (Å²) in [5.74, 6) is 1.40. The van der Waals surface area contributed by atoms with Crippen molar-refractivity contribution in [3.05, 3.63) is 52.4 Å². The predicted molar refractivity (Wildman–Crippen MR) is 115 cm³/mol. The molecular formula is C21H23N3OS2. The second-order valence-electron chi connectivity index (χ2n) is 6.97. The zero-order valence-electron chi connectivity index (χ0n) is 15.6. The van der Waals surface area contributed by atoms with Gasteiger partial charge in [-0.2, -0.15) is 0 Å². The molecule has 0 saturated carbocycles. The van der Waals surface area contributed by atoms with E-state index >= 15 is 0 Å². The van der Waals surface area contributed by atoms with E-state index in [0.29, 0.717) is 12.4 Å². The van der Waals surface area contributed by atoms with Gasteiger partial charge in [0, 0.05) is 17.1 Å². The molecule has 1 aliphatic rings. The van der Waals surface area contributed by atoms with E-state index in [4.69, 9.17) is 15.5 Å². The molecule has 0 spiro atoms. The van der Waals surface area contributed by atoms with Crippen LogP contribution in [0.1, 0.15) is 36.3 Å². The second kappa shape index (κ2) is 7.62. The lowest BCUT2D eigenvalue weighted by Crippen LogP contribution is -2.33. The molecule has 0 radical (unpaired) electrons. The van der Waals surface area contributed by atoms with Gasteiger partial charge in [0.05, 0.1) is 17.6 Å². The first kappa shape index (κ1) is 18.5. The third kappa shape index (κ3) is 3.88. The fraction of sp³-hybridized carbons (Fsp3) is 0.333. The first-order chi connectivity index (χ1) is 13.1. The molecule has 0 amide bonds. The van der Waals surface area contributed by atoms with Gasteiger partial charge in [-0.1, -0.05) is 61.2 Å². The number of nitrogen functional groups attached to an aromatic ring is 1. The number of nitrogens with zero attached hydrogens (tertiary/aromatic N) is 2. The smallest absolute Gasteiger partial charge is 0.191 e. The zero-order chi connectivity index (χ0) is 18.9. The SMILES string of the molecule is CCC1(C)Cc2c(sc3nc(SC/C=C/c4ccccc4)nc(N)c23)CO1. The van der Waals surface area contributed by atoms with Crippen LogP contribution in [-0.2, 0) is 17.8 Å². The average molecular weight is 398 g/mol. The van der Waals surface area contributed by atoms with E-state index in [2.05, 4.69) is 43.1 Å². The van der Waals surface area contributed by atoms with Gasteiger partial charge in [-0.3, -0.25) is 0 Å². The molecule has 2 aromatic heterocycles. The summed E-state index contributed by atoms with van der Waals surface area (Å²) in [4.78, 5) is 11.5. The van der Waals surface area contributed by atoms with E-state index in [1.54, 1.807) is 23.1 Å². The topological polar surface area (TPSA) is 61.0 Å². The van der Waals surface area contributed by atoms with Crippen molar-refractivity contribution in [3.8, 4) is 0 Å². The molecule has 6 heteroatoms. The number of thioether (sulfide) groups is 1. The number of anilines is 1. The highest BCUT2D eigenvalue weighted by Gasteiger charge is 2.32. The van der Waals surface area contributed by atoms with Crippen LogP contribution < -0.4 is 5.73 Å². The standard InChI is InChI=1S/C21H23N3OS2/c1-3-21(2)12-15-16(13-25-21)27-19-17(15)18(22)23-20(24-19)26-11-7-10-14-8-5-4-6-9-14/h4-10H,3,11-13H2,1-2H3,(H2,22,23,24)/b10-7+. The molecule has 2 N–H and O–H groups in total. The van der Waals surface area contributed by atoms with Crippen LogP contribution in [0, 0.1) is 0 Å². The minimum absolute atomic E-state index is 0.122. The van der Waals surface area contributed by atoms with Crippen LogP contribution in [0.3, 0.4) is 0 Å². The van der Waals surface area contributed by atoms with E-state index in [9.17, 15) is 0 Å². The van der Waals surface area contributed by atoms with Crippen molar-refractivity contribution in [1.29, 1.82) is 0 Å². The van der Waals surface area contributed by atoms with Crippen molar-refractivity contribution in [2.45, 2.75) is 44.1 Å². The third-order valence-electron chi connectivity index (χ3n) is 5.01. The number of hydrogen-bond acceptors (Lipinski definition) is 6. The minimum Gasteiger partial charge on any atom is -0.383 e. The number of hydrogen-bond donors (Lipinski definition) is 1. The van der Waals surface area contributed by atoms with Gasteiger partial charge in [-0.05, 0) is 24.5 Å². The van der Waals surface area contributed by atoms with Gasteiger partial charge in [0.25, 0.3) is 0 Å². The van der Waals surface area contributed by atoms with Crippen LogP contribution in [0.25, 0.3) is 16.3 Å². The van der Waals surface area contributed by atoms with E-state index < -0.39 is 0 Å². The van der Waals surface area contributed by atoms with Crippen molar-refractivity contribution in [1.82, 2.24) is 9.97 Å². The van der Waals surface area contributed by atoms with Crippen LogP contribution in [0.15, 0.2) is 41.6 Å². The molecule has 1 atom stereocenters. The lowest BCUT2D eigenvalue weighted by Gasteiger charge is -2.33. The Bertz CT molecular complexity index is 984. The highest BCUT2D eigenvalue weighted by molar-refractivity contribution is 7.99. The van der Waals surface area contributed by atoms with E-state index in [-0.39, 0.29) is 5.60 Å². The Balaban J connectivity index is 1.54. The van der Waals surface area contributed by atoms with Crippen molar-refractivity contribution >= 4 is 45.2 Å². The van der Waals surface area contributed by atoms with Crippen LogP contribution in [0.2, 0.25) is 0 Å². The van der Waals surface area contributed by atoms with Gasteiger partial charge in [-0.15, -0.1) is 11.3 Å². The lowest BCUT2D eigenvalue weighted by atomic mass is 9.90. The minimum atomic E-state index is -0.122. The number of benzene rings is 1. The number of aromatic nitrogens is 2. The Labute approximate surface area is 167 Å². The van der Waals surface area contributed by atoms with Gasteiger partial charge in [0.1, 0.15) is 10.6 Å². The summed E-state index contributed by atoms with van der Waals surface area (Å²) in [7, 11) is 0. The van der Waals surface area contributed by atoms with Gasteiger partial charge in [0.15, 0.2) is 5.16 Å². The summed E-state index contributed by atoms with van der Waals surface area (Å²) < 4.78 is 6.07. The Kier molecular flexibility index (Phi) is 5.21. The maximum atomic E-state index is 6.33. The van der Waals surface area contributed by atoms with Gasteiger partial charge in [0.2, 0.25) is 0 Å². The summed E-state index contributed by atoms with van der Waals surface area (Å²) in [5.41, 5.74) is 8.69. The zero-order valence-corrected chi connectivity index (χ0v) is 17.2. The van der Waals surface area contributed by atoms with Crippen LogP contribution in [0.4, 0.5) is 5.82 Å². The van der Waals surface area contributed by atoms with Crippen LogP contribution in [-0.4, -0.2) is 21.3 Å². The molecule has 4 nitrogen and oxygen atoms in total. The number of thiophene rings is 1. The molecule has 0 bridgehead atoms. The van der Waals surface area contributed by atoms with Crippen LogP contribution in [0.5, 0.6) is 0 Å². The van der Waals surface area contributed by atoms with Crippen molar-refractivity contribution in [2.75, 3.05) is 11.5 Å². The fourth-order valence-corrected chi connectivity index (χ4v) is 5.07. The summed E-state index contributed by atoms with van der Waals surface area (Å²) in [6.45, 7) is 4.97. The Morgan fingerprint density at radius 2 is 2.11 bits per heavy atom.